The van der Waals surface area contributed by atoms with Crippen molar-refractivity contribution in [3.8, 4) is 0 Å². The van der Waals surface area contributed by atoms with Gasteiger partial charge in [-0.15, -0.1) is 0 Å². The third kappa shape index (κ3) is 11.7. The predicted octanol–water partition coefficient (Wildman–Crippen LogP) is 3.53. The van der Waals surface area contributed by atoms with Crippen LogP contribution in [0.4, 0.5) is 0 Å². The summed E-state index contributed by atoms with van der Waals surface area (Å²) in [4.78, 5) is 0. The fourth-order valence-electron chi connectivity index (χ4n) is 1.27. The van der Waals surface area contributed by atoms with Crippen LogP contribution in [0.15, 0.2) is 12.2 Å². The van der Waals surface area contributed by atoms with Crippen molar-refractivity contribution in [2.75, 3.05) is 6.61 Å². The average Bonchev–Trinajstić information content (AvgIpc) is 2.09. The highest BCUT2D eigenvalue weighted by molar-refractivity contribution is 4.83. The van der Waals surface area contributed by atoms with Gasteiger partial charge in [0.25, 0.3) is 0 Å². The molecular weight excluding hydrogens is 160 g/mol. The van der Waals surface area contributed by atoms with E-state index in [9.17, 15) is 0 Å². The summed E-state index contributed by atoms with van der Waals surface area (Å²) in [6.45, 7) is 4.77. The van der Waals surface area contributed by atoms with Gasteiger partial charge < -0.3 is 5.11 Å². The van der Waals surface area contributed by atoms with Crippen LogP contribution in [-0.4, -0.2) is 11.7 Å². The second-order valence-electron chi connectivity index (χ2n) is 3.95. The molecule has 78 valence electrons. The van der Waals surface area contributed by atoms with Crippen LogP contribution in [0.5, 0.6) is 0 Å². The zero-order valence-electron chi connectivity index (χ0n) is 9.13. The molecule has 0 aromatic rings. The van der Waals surface area contributed by atoms with E-state index in [1.807, 2.05) is 0 Å². The number of aliphatic hydroxyl groups is 1. The van der Waals surface area contributed by atoms with Crippen molar-refractivity contribution < 1.29 is 5.11 Å². The molecule has 0 heterocycles. The molecule has 1 heteroatoms. The molecular formula is C12H24O. The van der Waals surface area contributed by atoms with Crippen LogP contribution in [0.2, 0.25) is 0 Å². The Balaban J connectivity index is 2.99. The lowest BCUT2D eigenvalue weighted by atomic mass is 10.1. The molecule has 0 amide bonds. The molecule has 0 rings (SSSR count). The van der Waals surface area contributed by atoms with Crippen LogP contribution < -0.4 is 0 Å². The van der Waals surface area contributed by atoms with Gasteiger partial charge in [-0.25, -0.2) is 0 Å². The molecule has 0 aliphatic rings. The number of rotatable bonds is 8. The van der Waals surface area contributed by atoms with Gasteiger partial charge in [-0.3, -0.25) is 0 Å². The summed E-state index contributed by atoms with van der Waals surface area (Å²) in [7, 11) is 0. The van der Waals surface area contributed by atoms with Gasteiger partial charge in [0.1, 0.15) is 0 Å². The molecule has 1 N–H and O–H groups in total. The summed E-state index contributed by atoms with van der Waals surface area (Å²) in [5, 5.41) is 8.56. The number of allylic oxidation sites excluding steroid dienone is 2. The summed E-state index contributed by atoms with van der Waals surface area (Å²) in [6.07, 6.45) is 11.8. The van der Waals surface area contributed by atoms with Gasteiger partial charge in [-0.05, 0) is 25.2 Å². The number of hydrogen-bond donors (Lipinski definition) is 1. The zero-order valence-corrected chi connectivity index (χ0v) is 9.13. The van der Waals surface area contributed by atoms with Gasteiger partial charge in [0.2, 0.25) is 0 Å². The summed E-state index contributed by atoms with van der Waals surface area (Å²) in [5.41, 5.74) is 0. The van der Waals surface area contributed by atoms with Crippen molar-refractivity contribution in [1.29, 1.82) is 0 Å². The van der Waals surface area contributed by atoms with E-state index >= 15 is 0 Å². The van der Waals surface area contributed by atoms with E-state index in [0.29, 0.717) is 12.5 Å². The topological polar surface area (TPSA) is 20.2 Å². The summed E-state index contributed by atoms with van der Waals surface area (Å²) >= 11 is 0. The minimum absolute atomic E-state index is 0.354. The highest BCUT2D eigenvalue weighted by Crippen LogP contribution is 2.06. The lowest BCUT2D eigenvalue weighted by Crippen LogP contribution is -1.83. The molecule has 0 spiro atoms. The monoisotopic (exact) mass is 184 g/mol. The van der Waals surface area contributed by atoms with E-state index in [-0.39, 0.29) is 0 Å². The number of aliphatic hydroxyl groups excluding tert-OH is 1. The first-order chi connectivity index (χ1) is 6.27. The van der Waals surface area contributed by atoms with Crippen LogP contribution >= 0.6 is 0 Å². The van der Waals surface area contributed by atoms with Crippen molar-refractivity contribution in [2.45, 2.75) is 52.4 Å². The van der Waals surface area contributed by atoms with Gasteiger partial charge in [0, 0.05) is 6.61 Å². The molecule has 0 saturated carbocycles. The molecule has 0 radical (unpaired) electrons. The molecule has 13 heavy (non-hydrogen) atoms. The minimum Gasteiger partial charge on any atom is -0.396 e. The fourth-order valence-corrected chi connectivity index (χ4v) is 1.27. The lowest BCUT2D eigenvalue weighted by molar-refractivity contribution is 0.282. The highest BCUT2D eigenvalue weighted by Gasteiger charge is 1.88. The van der Waals surface area contributed by atoms with E-state index in [4.69, 9.17) is 5.11 Å². The van der Waals surface area contributed by atoms with Gasteiger partial charge >= 0.3 is 0 Å². The standard InChI is InChI=1S/C12H24O/c1-12(2)10-8-6-4-3-5-7-9-11-13/h8,10,12-13H,3-7,9,11H2,1-2H3/b10-8+. The van der Waals surface area contributed by atoms with Crippen molar-refractivity contribution in [3.05, 3.63) is 12.2 Å². The first-order valence-electron chi connectivity index (χ1n) is 5.55. The highest BCUT2D eigenvalue weighted by atomic mass is 16.2. The Morgan fingerprint density at radius 1 is 1.00 bits per heavy atom. The molecule has 0 aromatic carbocycles. The Bertz CT molecular complexity index is 116. The van der Waals surface area contributed by atoms with Crippen LogP contribution in [-0.2, 0) is 0 Å². The third-order valence-corrected chi connectivity index (χ3v) is 2.05. The zero-order chi connectivity index (χ0) is 9.94. The summed E-state index contributed by atoms with van der Waals surface area (Å²) in [5.74, 6) is 0.689. The van der Waals surface area contributed by atoms with Crippen molar-refractivity contribution in [2.24, 2.45) is 5.92 Å². The van der Waals surface area contributed by atoms with E-state index in [0.717, 1.165) is 6.42 Å². The molecule has 1 nitrogen and oxygen atoms in total. The maximum absolute atomic E-state index is 8.56. The minimum atomic E-state index is 0.354. The smallest absolute Gasteiger partial charge is 0.0431 e. The van der Waals surface area contributed by atoms with E-state index in [1.165, 1.54) is 32.1 Å². The molecule has 0 aliphatic carbocycles. The second kappa shape index (κ2) is 9.79. The molecule has 0 atom stereocenters. The Morgan fingerprint density at radius 3 is 2.23 bits per heavy atom. The fraction of sp³-hybridized carbons (Fsp3) is 0.833. The lowest BCUT2D eigenvalue weighted by Gasteiger charge is -1.98. The maximum atomic E-state index is 8.56. The van der Waals surface area contributed by atoms with Gasteiger partial charge in [0.15, 0.2) is 0 Å². The van der Waals surface area contributed by atoms with Crippen molar-refractivity contribution >= 4 is 0 Å². The van der Waals surface area contributed by atoms with Crippen LogP contribution in [0.25, 0.3) is 0 Å². The first-order valence-corrected chi connectivity index (χ1v) is 5.55. The molecule has 0 bridgehead atoms. The largest absolute Gasteiger partial charge is 0.396 e. The second-order valence-corrected chi connectivity index (χ2v) is 3.95. The SMILES string of the molecule is CC(C)/C=C/CCCCCCCO. The van der Waals surface area contributed by atoms with Gasteiger partial charge in [-0.2, -0.15) is 0 Å². The molecule has 0 saturated heterocycles. The molecule has 0 aliphatic heterocycles. The van der Waals surface area contributed by atoms with E-state index < -0.39 is 0 Å². The molecule has 0 fully saturated rings. The molecule has 0 aromatic heterocycles. The quantitative estimate of drug-likeness (QED) is 0.452. The predicted molar refractivity (Wildman–Crippen MR) is 58.8 cm³/mol. The van der Waals surface area contributed by atoms with Crippen molar-refractivity contribution in [1.82, 2.24) is 0 Å². The molecule has 0 unspecified atom stereocenters. The first kappa shape index (κ1) is 12.7. The van der Waals surface area contributed by atoms with E-state index in [1.54, 1.807) is 0 Å². The normalized spacial score (nSPS) is 11.7. The Morgan fingerprint density at radius 2 is 1.62 bits per heavy atom. The van der Waals surface area contributed by atoms with Crippen LogP contribution in [0.3, 0.4) is 0 Å². The van der Waals surface area contributed by atoms with Crippen LogP contribution in [0, 0.1) is 5.92 Å². The van der Waals surface area contributed by atoms with Gasteiger partial charge in [0.05, 0.1) is 0 Å². The Labute approximate surface area is 82.9 Å². The number of unbranched alkanes of at least 4 members (excludes halogenated alkanes) is 5. The average molecular weight is 184 g/mol. The van der Waals surface area contributed by atoms with Crippen LogP contribution in [0.1, 0.15) is 52.4 Å². The summed E-state index contributed by atoms with van der Waals surface area (Å²) in [6, 6.07) is 0. The van der Waals surface area contributed by atoms with Crippen molar-refractivity contribution in [3.63, 3.8) is 0 Å². The van der Waals surface area contributed by atoms with Gasteiger partial charge in [-0.1, -0.05) is 45.3 Å². The van der Waals surface area contributed by atoms with E-state index in [2.05, 4.69) is 26.0 Å². The summed E-state index contributed by atoms with van der Waals surface area (Å²) < 4.78 is 0. The number of hydrogen-bond acceptors (Lipinski definition) is 1. The maximum Gasteiger partial charge on any atom is 0.0431 e. The Hall–Kier alpha value is -0.300. The Kier molecular flexibility index (Phi) is 9.56. The third-order valence-electron chi connectivity index (χ3n) is 2.05.